The molecule has 2 aromatic rings. The number of benzene rings is 1. The number of pyridine rings is 1. The van der Waals surface area contributed by atoms with Gasteiger partial charge in [-0.05, 0) is 12.5 Å². The van der Waals surface area contributed by atoms with Crippen LogP contribution in [0.5, 0.6) is 0 Å². The molecule has 2 rings (SSSR count). The van der Waals surface area contributed by atoms with Gasteiger partial charge in [0.2, 0.25) is 0 Å². The van der Waals surface area contributed by atoms with Gasteiger partial charge in [0, 0.05) is 35.9 Å². The van der Waals surface area contributed by atoms with Gasteiger partial charge in [-0.2, -0.15) is 0 Å². The molecule has 0 saturated heterocycles. The van der Waals surface area contributed by atoms with Crippen molar-refractivity contribution in [3.63, 3.8) is 0 Å². The molecule has 1 aromatic heterocycles. The summed E-state index contributed by atoms with van der Waals surface area (Å²) in [7, 11) is 1.69. The maximum Gasteiger partial charge on any atom is 0.172 e. The number of amidine groups is 1. The third-order valence-corrected chi connectivity index (χ3v) is 4.07. The molecule has 5 nitrogen and oxygen atoms in total. The number of hydrogen-bond donors (Lipinski definition) is 2. The van der Waals surface area contributed by atoms with Crippen molar-refractivity contribution in [2.45, 2.75) is 11.3 Å². The van der Waals surface area contributed by atoms with Crippen LogP contribution in [-0.4, -0.2) is 35.5 Å². The lowest BCUT2D eigenvalue weighted by Crippen LogP contribution is -2.15. The number of rotatable bonds is 6. The maximum atomic E-state index is 8.90. The summed E-state index contributed by atoms with van der Waals surface area (Å²) in [6.07, 6.45) is 2.59. The molecular weight excluding hydrogens is 274 g/mol. The highest BCUT2D eigenvalue weighted by atomic mass is 32.2. The summed E-state index contributed by atoms with van der Waals surface area (Å²) in [6, 6.07) is 7.84. The quantitative estimate of drug-likeness (QED) is 0.213. The summed E-state index contributed by atoms with van der Waals surface area (Å²) in [4.78, 5) is 5.33. The number of para-hydroxylation sites is 1. The first-order valence-electron chi connectivity index (χ1n) is 6.25. The number of nitrogens with zero attached hydrogens (tertiary/aromatic N) is 2. The van der Waals surface area contributed by atoms with Crippen molar-refractivity contribution < 1.29 is 9.94 Å². The summed E-state index contributed by atoms with van der Waals surface area (Å²) in [5, 5.41) is 13.0. The van der Waals surface area contributed by atoms with Crippen LogP contribution >= 0.6 is 11.8 Å². The van der Waals surface area contributed by atoms with Crippen LogP contribution in [0.1, 0.15) is 12.0 Å². The third-order valence-electron chi connectivity index (χ3n) is 2.85. The first-order valence-corrected chi connectivity index (χ1v) is 7.24. The maximum absolute atomic E-state index is 8.90. The average molecular weight is 291 g/mol. The van der Waals surface area contributed by atoms with Crippen molar-refractivity contribution in [2.24, 2.45) is 10.9 Å². The molecule has 0 fully saturated rings. The van der Waals surface area contributed by atoms with Crippen LogP contribution in [0.25, 0.3) is 10.9 Å². The number of nitrogens with two attached hydrogens (primary N) is 1. The lowest BCUT2D eigenvalue weighted by Gasteiger charge is -2.11. The van der Waals surface area contributed by atoms with Gasteiger partial charge >= 0.3 is 0 Å². The molecule has 3 N–H and O–H groups in total. The van der Waals surface area contributed by atoms with Gasteiger partial charge in [0.25, 0.3) is 0 Å². The first kappa shape index (κ1) is 14.6. The Balaban J connectivity index is 2.39. The van der Waals surface area contributed by atoms with Gasteiger partial charge in [0.05, 0.1) is 11.1 Å². The third kappa shape index (κ3) is 3.20. The highest BCUT2D eigenvalue weighted by molar-refractivity contribution is 7.99. The number of aromatic nitrogens is 1. The Morgan fingerprint density at radius 3 is 3.00 bits per heavy atom. The number of oxime groups is 1. The predicted molar refractivity (Wildman–Crippen MR) is 81.5 cm³/mol. The molecule has 1 heterocycles. The van der Waals surface area contributed by atoms with Crippen LogP contribution in [0.3, 0.4) is 0 Å². The van der Waals surface area contributed by atoms with Gasteiger partial charge in [-0.15, -0.1) is 11.8 Å². The van der Waals surface area contributed by atoms with Crippen LogP contribution in [-0.2, 0) is 4.74 Å². The van der Waals surface area contributed by atoms with Crippen LogP contribution in [0.2, 0.25) is 0 Å². The topological polar surface area (TPSA) is 80.7 Å². The number of fused-ring (bicyclic) bond motifs is 1. The van der Waals surface area contributed by atoms with E-state index >= 15 is 0 Å². The molecule has 0 atom stereocenters. The largest absolute Gasteiger partial charge is 0.409 e. The minimum Gasteiger partial charge on any atom is -0.409 e. The monoisotopic (exact) mass is 291 g/mol. The summed E-state index contributed by atoms with van der Waals surface area (Å²) < 4.78 is 5.05. The molecule has 106 valence electrons. The van der Waals surface area contributed by atoms with Crippen molar-refractivity contribution in [1.29, 1.82) is 0 Å². The number of hydrogen-bond acceptors (Lipinski definition) is 5. The molecule has 0 unspecified atom stereocenters. The highest BCUT2D eigenvalue weighted by Gasteiger charge is 2.12. The molecule has 0 aliphatic rings. The summed E-state index contributed by atoms with van der Waals surface area (Å²) in [5.74, 6) is 0.977. The summed E-state index contributed by atoms with van der Waals surface area (Å²) >= 11 is 1.67. The molecule has 0 radical (unpaired) electrons. The zero-order valence-corrected chi connectivity index (χ0v) is 12.1. The summed E-state index contributed by atoms with van der Waals surface area (Å²) in [5.41, 5.74) is 7.30. The van der Waals surface area contributed by atoms with E-state index in [1.165, 1.54) is 0 Å². The van der Waals surface area contributed by atoms with Gasteiger partial charge < -0.3 is 15.7 Å². The molecule has 0 saturated carbocycles. The van der Waals surface area contributed by atoms with Crippen molar-refractivity contribution >= 4 is 28.5 Å². The Labute approximate surface area is 121 Å². The molecule has 6 heteroatoms. The van der Waals surface area contributed by atoms with Crippen LogP contribution in [0.15, 0.2) is 40.5 Å². The van der Waals surface area contributed by atoms with Gasteiger partial charge in [-0.25, -0.2) is 0 Å². The van der Waals surface area contributed by atoms with Crippen molar-refractivity contribution in [1.82, 2.24) is 4.98 Å². The second-order valence-electron chi connectivity index (χ2n) is 4.20. The Hall–Kier alpha value is -1.79. The second kappa shape index (κ2) is 7.12. The van der Waals surface area contributed by atoms with Gasteiger partial charge in [0.1, 0.15) is 0 Å². The lowest BCUT2D eigenvalue weighted by atomic mass is 10.1. The van der Waals surface area contributed by atoms with E-state index in [9.17, 15) is 0 Å². The molecular formula is C14H17N3O2S. The van der Waals surface area contributed by atoms with Crippen molar-refractivity contribution in [3.8, 4) is 0 Å². The molecule has 0 spiro atoms. The average Bonchev–Trinajstić information content (AvgIpc) is 2.50. The molecule has 0 bridgehead atoms. The molecule has 0 aliphatic heterocycles. The van der Waals surface area contributed by atoms with E-state index in [2.05, 4.69) is 10.1 Å². The van der Waals surface area contributed by atoms with E-state index in [0.29, 0.717) is 5.56 Å². The van der Waals surface area contributed by atoms with Gasteiger partial charge in [-0.1, -0.05) is 23.4 Å². The molecule has 0 aliphatic carbocycles. The molecule has 20 heavy (non-hydrogen) atoms. The van der Waals surface area contributed by atoms with E-state index in [4.69, 9.17) is 15.7 Å². The Morgan fingerprint density at radius 1 is 1.45 bits per heavy atom. The van der Waals surface area contributed by atoms with E-state index < -0.39 is 0 Å². The SMILES string of the molecule is COCCCSc1c(C(N)=NO)cnc2ccccc12. The highest BCUT2D eigenvalue weighted by Crippen LogP contribution is 2.30. The number of thioether (sulfide) groups is 1. The van der Waals surface area contributed by atoms with Crippen molar-refractivity contribution in [3.05, 3.63) is 36.0 Å². The Bertz CT molecular complexity index is 616. The number of ether oxygens (including phenoxy) is 1. The zero-order valence-electron chi connectivity index (χ0n) is 11.2. The minimum absolute atomic E-state index is 0.0810. The smallest absolute Gasteiger partial charge is 0.172 e. The van der Waals surface area contributed by atoms with Crippen LogP contribution in [0.4, 0.5) is 0 Å². The van der Waals surface area contributed by atoms with Crippen LogP contribution < -0.4 is 5.73 Å². The standard InChI is InChI=1S/C14H17N3O2S/c1-19-7-4-8-20-13-10-5-2-3-6-12(10)16-9-11(13)14(15)17-18/h2-3,5-6,9,18H,4,7-8H2,1H3,(H2,15,17). The van der Waals surface area contributed by atoms with Crippen LogP contribution in [0, 0.1) is 0 Å². The fourth-order valence-electron chi connectivity index (χ4n) is 1.89. The lowest BCUT2D eigenvalue weighted by molar-refractivity contribution is 0.200. The predicted octanol–water partition coefficient (Wildman–Crippen LogP) is 2.46. The Kier molecular flexibility index (Phi) is 5.20. The van der Waals surface area contributed by atoms with Gasteiger partial charge in [-0.3, -0.25) is 4.98 Å². The normalized spacial score (nSPS) is 11.9. The molecule has 1 aromatic carbocycles. The van der Waals surface area contributed by atoms with E-state index in [1.807, 2.05) is 24.3 Å². The zero-order chi connectivity index (χ0) is 14.4. The minimum atomic E-state index is 0.0810. The number of methoxy groups -OCH3 is 1. The van der Waals surface area contributed by atoms with E-state index in [0.717, 1.165) is 34.6 Å². The van der Waals surface area contributed by atoms with Gasteiger partial charge in [0.15, 0.2) is 5.84 Å². The Morgan fingerprint density at radius 2 is 2.25 bits per heavy atom. The van der Waals surface area contributed by atoms with E-state index in [1.54, 1.807) is 25.1 Å². The first-order chi connectivity index (χ1) is 9.77. The summed E-state index contributed by atoms with van der Waals surface area (Å²) in [6.45, 7) is 0.717. The van der Waals surface area contributed by atoms with E-state index in [-0.39, 0.29) is 5.84 Å². The fourth-order valence-corrected chi connectivity index (χ4v) is 2.99. The molecule has 0 amide bonds. The fraction of sp³-hybridized carbons (Fsp3) is 0.286. The second-order valence-corrected chi connectivity index (χ2v) is 5.30. The van der Waals surface area contributed by atoms with Crippen molar-refractivity contribution in [2.75, 3.05) is 19.5 Å².